The molecule has 2 amide bonds. The van der Waals surface area contributed by atoms with Crippen LogP contribution in [-0.4, -0.2) is 48.4 Å². The first kappa shape index (κ1) is 20.2. The van der Waals surface area contributed by atoms with Gasteiger partial charge in [-0.1, -0.05) is 12.1 Å². The van der Waals surface area contributed by atoms with Gasteiger partial charge in [0.25, 0.3) is 0 Å². The lowest BCUT2D eigenvalue weighted by Gasteiger charge is -2.37. The van der Waals surface area contributed by atoms with Crippen molar-refractivity contribution in [1.82, 2.24) is 15.5 Å². The van der Waals surface area contributed by atoms with Crippen LogP contribution in [0.25, 0.3) is 0 Å². The zero-order valence-corrected chi connectivity index (χ0v) is 14.9. The molecule has 26 heavy (non-hydrogen) atoms. The van der Waals surface area contributed by atoms with E-state index < -0.39 is 17.8 Å². The number of hydrogen-bond acceptors (Lipinski definition) is 3. The molecule has 5 nitrogen and oxygen atoms in total. The summed E-state index contributed by atoms with van der Waals surface area (Å²) in [6.07, 6.45) is -3.86. The Morgan fingerprint density at radius 3 is 2.54 bits per heavy atom. The molecule has 0 aliphatic carbocycles. The van der Waals surface area contributed by atoms with E-state index in [2.05, 4.69) is 10.6 Å². The number of amides is 2. The Morgan fingerprint density at radius 2 is 1.96 bits per heavy atom. The minimum Gasteiger partial charge on any atom is -0.356 e. The average molecular weight is 371 g/mol. The SMILES string of the molecule is CC(C)N1CCNC(=O)C1CC(=O)NCCc1ccc(C(F)(F)F)cc1. The molecule has 1 aromatic carbocycles. The molecule has 0 radical (unpaired) electrons. The van der Waals surface area contributed by atoms with E-state index in [1.165, 1.54) is 12.1 Å². The van der Waals surface area contributed by atoms with Gasteiger partial charge in [0.2, 0.25) is 11.8 Å². The van der Waals surface area contributed by atoms with Crippen LogP contribution in [0.4, 0.5) is 13.2 Å². The second-order valence-electron chi connectivity index (χ2n) is 6.64. The predicted molar refractivity (Wildman–Crippen MR) is 91.4 cm³/mol. The fourth-order valence-corrected chi connectivity index (χ4v) is 3.01. The van der Waals surface area contributed by atoms with Crippen LogP contribution in [0.2, 0.25) is 0 Å². The molecular weight excluding hydrogens is 347 g/mol. The highest BCUT2D eigenvalue weighted by Crippen LogP contribution is 2.29. The third-order valence-electron chi connectivity index (χ3n) is 4.43. The summed E-state index contributed by atoms with van der Waals surface area (Å²) in [4.78, 5) is 26.2. The molecule has 2 rings (SSSR count). The van der Waals surface area contributed by atoms with Crippen LogP contribution in [0.15, 0.2) is 24.3 Å². The fourth-order valence-electron chi connectivity index (χ4n) is 3.01. The highest BCUT2D eigenvalue weighted by molar-refractivity contribution is 5.88. The quantitative estimate of drug-likeness (QED) is 0.804. The summed E-state index contributed by atoms with van der Waals surface area (Å²) < 4.78 is 37.6. The van der Waals surface area contributed by atoms with Crippen molar-refractivity contribution in [1.29, 1.82) is 0 Å². The number of hydrogen-bond donors (Lipinski definition) is 2. The normalized spacial score (nSPS) is 18.7. The summed E-state index contributed by atoms with van der Waals surface area (Å²) in [5, 5.41) is 5.50. The zero-order chi connectivity index (χ0) is 19.3. The smallest absolute Gasteiger partial charge is 0.356 e. The van der Waals surface area contributed by atoms with E-state index in [-0.39, 0.29) is 24.3 Å². The summed E-state index contributed by atoms with van der Waals surface area (Å²) in [5.41, 5.74) is 0.0138. The summed E-state index contributed by atoms with van der Waals surface area (Å²) in [7, 11) is 0. The number of alkyl halides is 3. The first-order valence-corrected chi connectivity index (χ1v) is 8.65. The number of nitrogens with one attached hydrogen (secondary N) is 2. The molecule has 1 aliphatic heterocycles. The number of halogens is 3. The van der Waals surface area contributed by atoms with Gasteiger partial charge in [-0.3, -0.25) is 14.5 Å². The minimum atomic E-state index is -4.35. The maximum Gasteiger partial charge on any atom is 0.416 e. The van der Waals surface area contributed by atoms with E-state index >= 15 is 0 Å². The molecule has 0 bridgehead atoms. The number of nitrogens with zero attached hydrogens (tertiary/aromatic N) is 1. The number of carbonyl (C=O) groups excluding carboxylic acids is 2. The third-order valence-corrected chi connectivity index (χ3v) is 4.43. The van der Waals surface area contributed by atoms with Crippen molar-refractivity contribution in [3.05, 3.63) is 35.4 Å². The Hall–Kier alpha value is -2.09. The van der Waals surface area contributed by atoms with Crippen molar-refractivity contribution in [3.63, 3.8) is 0 Å². The van der Waals surface area contributed by atoms with E-state index in [0.717, 1.165) is 12.1 Å². The molecule has 1 aromatic rings. The lowest BCUT2D eigenvalue weighted by atomic mass is 10.1. The second kappa shape index (κ2) is 8.53. The molecule has 0 spiro atoms. The molecule has 0 aromatic heterocycles. The van der Waals surface area contributed by atoms with Gasteiger partial charge in [-0.15, -0.1) is 0 Å². The van der Waals surface area contributed by atoms with Crippen molar-refractivity contribution in [2.24, 2.45) is 0 Å². The van der Waals surface area contributed by atoms with Gasteiger partial charge in [0.05, 0.1) is 18.0 Å². The van der Waals surface area contributed by atoms with E-state index in [9.17, 15) is 22.8 Å². The number of rotatable bonds is 6. The summed E-state index contributed by atoms with van der Waals surface area (Å²) in [5.74, 6) is -0.396. The van der Waals surface area contributed by atoms with Gasteiger partial charge in [-0.05, 0) is 38.0 Å². The topological polar surface area (TPSA) is 61.4 Å². The van der Waals surface area contributed by atoms with Gasteiger partial charge in [-0.25, -0.2) is 0 Å². The van der Waals surface area contributed by atoms with Gasteiger partial charge >= 0.3 is 6.18 Å². The van der Waals surface area contributed by atoms with Crippen LogP contribution in [0.1, 0.15) is 31.4 Å². The molecule has 1 heterocycles. The molecule has 1 aliphatic rings. The van der Waals surface area contributed by atoms with Crippen LogP contribution < -0.4 is 10.6 Å². The van der Waals surface area contributed by atoms with Gasteiger partial charge in [0, 0.05) is 25.7 Å². The van der Waals surface area contributed by atoms with Crippen molar-refractivity contribution >= 4 is 11.8 Å². The lowest BCUT2D eigenvalue weighted by Crippen LogP contribution is -2.58. The highest BCUT2D eigenvalue weighted by atomic mass is 19.4. The van der Waals surface area contributed by atoms with E-state index in [0.29, 0.717) is 31.6 Å². The maximum atomic E-state index is 12.5. The summed E-state index contributed by atoms with van der Waals surface area (Å²) in [6, 6.07) is 4.54. The summed E-state index contributed by atoms with van der Waals surface area (Å²) in [6.45, 7) is 5.54. The third kappa shape index (κ3) is 5.45. The van der Waals surface area contributed by atoms with Crippen LogP contribution in [0.5, 0.6) is 0 Å². The van der Waals surface area contributed by atoms with E-state index in [1.54, 1.807) is 0 Å². The van der Waals surface area contributed by atoms with Crippen LogP contribution >= 0.6 is 0 Å². The van der Waals surface area contributed by atoms with Crippen molar-refractivity contribution in [2.75, 3.05) is 19.6 Å². The largest absolute Gasteiger partial charge is 0.416 e. The van der Waals surface area contributed by atoms with Crippen molar-refractivity contribution in [3.8, 4) is 0 Å². The molecule has 1 atom stereocenters. The minimum absolute atomic E-state index is 0.0665. The maximum absolute atomic E-state index is 12.5. The Balaban J connectivity index is 1.82. The monoisotopic (exact) mass is 371 g/mol. The standard InChI is InChI=1S/C18H24F3N3O2/c1-12(2)24-10-9-23-17(26)15(24)11-16(25)22-8-7-13-3-5-14(6-4-13)18(19,20)21/h3-6,12,15H,7-11H2,1-2H3,(H,22,25)(H,23,26). The van der Waals surface area contributed by atoms with Crippen molar-refractivity contribution in [2.45, 2.75) is 44.9 Å². The lowest BCUT2D eigenvalue weighted by molar-refractivity contribution is -0.137. The van der Waals surface area contributed by atoms with E-state index in [1.807, 2.05) is 18.7 Å². The second-order valence-corrected chi connectivity index (χ2v) is 6.64. The number of carbonyl (C=O) groups is 2. The fraction of sp³-hybridized carbons (Fsp3) is 0.556. The molecular formula is C18H24F3N3O2. The summed E-state index contributed by atoms with van der Waals surface area (Å²) >= 11 is 0. The molecule has 144 valence electrons. The predicted octanol–water partition coefficient (Wildman–Crippen LogP) is 1.96. The molecule has 1 fully saturated rings. The number of benzene rings is 1. The Kier molecular flexibility index (Phi) is 6.63. The van der Waals surface area contributed by atoms with Crippen LogP contribution in [-0.2, 0) is 22.2 Å². The molecule has 2 N–H and O–H groups in total. The van der Waals surface area contributed by atoms with Crippen molar-refractivity contribution < 1.29 is 22.8 Å². The zero-order valence-electron chi connectivity index (χ0n) is 14.9. The van der Waals surface area contributed by atoms with Gasteiger partial charge < -0.3 is 10.6 Å². The Labute approximate surface area is 150 Å². The average Bonchev–Trinajstić information content (AvgIpc) is 2.56. The molecule has 1 unspecified atom stereocenters. The Bertz CT molecular complexity index is 630. The first-order valence-electron chi connectivity index (χ1n) is 8.65. The molecule has 1 saturated heterocycles. The van der Waals surface area contributed by atoms with Gasteiger partial charge in [0.15, 0.2) is 0 Å². The van der Waals surface area contributed by atoms with Crippen LogP contribution in [0, 0.1) is 0 Å². The molecule has 8 heteroatoms. The van der Waals surface area contributed by atoms with Gasteiger partial charge in [0.1, 0.15) is 0 Å². The van der Waals surface area contributed by atoms with Crippen LogP contribution in [0.3, 0.4) is 0 Å². The van der Waals surface area contributed by atoms with Gasteiger partial charge in [-0.2, -0.15) is 13.2 Å². The van der Waals surface area contributed by atoms with E-state index in [4.69, 9.17) is 0 Å². The molecule has 0 saturated carbocycles. The first-order chi connectivity index (χ1) is 12.2. The Morgan fingerprint density at radius 1 is 1.31 bits per heavy atom. The number of piperazine rings is 1. The highest BCUT2D eigenvalue weighted by Gasteiger charge is 2.33.